The van der Waals surface area contributed by atoms with Crippen molar-refractivity contribution in [2.24, 2.45) is 0 Å². The molecule has 0 heterocycles. The molecule has 92 valence electrons. The summed E-state index contributed by atoms with van der Waals surface area (Å²) >= 11 is 3.18. The number of nitro benzene ring substituents is 1. The molecule has 0 atom stereocenters. The molecule has 1 N–H and O–H groups in total. The van der Waals surface area contributed by atoms with Crippen molar-refractivity contribution >= 4 is 33.4 Å². The number of anilines is 1. The molecule has 6 nitrogen and oxygen atoms in total. The van der Waals surface area contributed by atoms with Crippen LogP contribution in [-0.4, -0.2) is 17.1 Å². The Morgan fingerprint density at radius 2 is 2.18 bits per heavy atom. The molecule has 1 aromatic rings. The molecule has 0 aliphatic heterocycles. The summed E-state index contributed by atoms with van der Waals surface area (Å²) in [5, 5.41) is 13.0. The number of benzene rings is 1. The smallest absolute Gasteiger partial charge is 0.411 e. The molecule has 0 aliphatic carbocycles. The van der Waals surface area contributed by atoms with E-state index in [9.17, 15) is 14.9 Å². The Balaban J connectivity index is 2.86. The van der Waals surface area contributed by atoms with Crippen LogP contribution >= 0.6 is 15.9 Å². The molecule has 0 spiro atoms. The zero-order valence-corrected chi connectivity index (χ0v) is 10.9. The third kappa shape index (κ3) is 4.03. The van der Waals surface area contributed by atoms with Crippen molar-refractivity contribution in [2.75, 3.05) is 5.32 Å². The lowest BCUT2D eigenvalue weighted by molar-refractivity contribution is -0.384. The van der Waals surface area contributed by atoms with Crippen molar-refractivity contribution in [3.63, 3.8) is 0 Å². The van der Waals surface area contributed by atoms with Gasteiger partial charge in [0.1, 0.15) is 0 Å². The van der Waals surface area contributed by atoms with Crippen LogP contribution in [0.4, 0.5) is 16.2 Å². The third-order valence-corrected chi connectivity index (χ3v) is 2.43. The van der Waals surface area contributed by atoms with E-state index in [1.165, 1.54) is 18.2 Å². The maximum atomic E-state index is 11.3. The van der Waals surface area contributed by atoms with E-state index >= 15 is 0 Å². The normalized spacial score (nSPS) is 10.1. The van der Waals surface area contributed by atoms with Crippen LogP contribution in [0.1, 0.15) is 13.8 Å². The summed E-state index contributed by atoms with van der Waals surface area (Å²) in [6.07, 6.45) is -0.909. The van der Waals surface area contributed by atoms with Crippen LogP contribution in [0.15, 0.2) is 22.7 Å². The van der Waals surface area contributed by atoms with Crippen molar-refractivity contribution in [2.45, 2.75) is 20.0 Å². The molecule has 0 bridgehead atoms. The lowest BCUT2D eigenvalue weighted by Gasteiger charge is -2.10. The summed E-state index contributed by atoms with van der Waals surface area (Å²) < 4.78 is 5.41. The maximum absolute atomic E-state index is 11.3. The Morgan fingerprint density at radius 3 is 2.71 bits per heavy atom. The fourth-order valence-electron chi connectivity index (χ4n) is 1.08. The second-order valence-corrected chi connectivity index (χ2v) is 4.35. The predicted octanol–water partition coefficient (Wildman–Crippen LogP) is 3.31. The second kappa shape index (κ2) is 5.62. The van der Waals surface area contributed by atoms with E-state index in [0.717, 1.165) is 0 Å². The zero-order valence-electron chi connectivity index (χ0n) is 9.27. The molecule has 17 heavy (non-hydrogen) atoms. The number of rotatable bonds is 3. The number of hydrogen-bond donors (Lipinski definition) is 1. The average Bonchev–Trinajstić information content (AvgIpc) is 2.19. The predicted molar refractivity (Wildman–Crippen MR) is 66.0 cm³/mol. The summed E-state index contributed by atoms with van der Waals surface area (Å²) in [4.78, 5) is 21.4. The molecule has 0 saturated carbocycles. The van der Waals surface area contributed by atoms with Crippen molar-refractivity contribution in [3.8, 4) is 0 Å². The molecular formula is C10H11BrN2O4. The number of non-ortho nitro benzene ring substituents is 1. The molecule has 1 rings (SSSR count). The number of halogens is 1. The van der Waals surface area contributed by atoms with Gasteiger partial charge >= 0.3 is 6.09 Å². The van der Waals surface area contributed by atoms with Crippen LogP contribution in [0.5, 0.6) is 0 Å². The lowest BCUT2D eigenvalue weighted by atomic mass is 10.3. The largest absolute Gasteiger partial charge is 0.447 e. The number of nitro groups is 1. The van der Waals surface area contributed by atoms with E-state index in [1.54, 1.807) is 13.8 Å². The highest BCUT2D eigenvalue weighted by Crippen LogP contribution is 2.27. The third-order valence-electron chi connectivity index (χ3n) is 1.74. The minimum atomic E-state index is -0.652. The highest BCUT2D eigenvalue weighted by molar-refractivity contribution is 9.10. The highest BCUT2D eigenvalue weighted by atomic mass is 79.9. The molecule has 1 aromatic carbocycles. The fraction of sp³-hybridized carbons (Fsp3) is 0.300. The van der Waals surface area contributed by atoms with Crippen molar-refractivity contribution in [1.29, 1.82) is 0 Å². The Kier molecular flexibility index (Phi) is 4.45. The summed E-state index contributed by atoms with van der Waals surface area (Å²) in [7, 11) is 0. The second-order valence-electron chi connectivity index (χ2n) is 3.50. The first-order chi connectivity index (χ1) is 7.90. The minimum absolute atomic E-state index is 0.104. The molecule has 0 aliphatic rings. The maximum Gasteiger partial charge on any atom is 0.411 e. The number of ether oxygens (including phenoxy) is 1. The van der Waals surface area contributed by atoms with Gasteiger partial charge in [-0.3, -0.25) is 15.4 Å². The van der Waals surface area contributed by atoms with E-state index in [1.807, 2.05) is 0 Å². The van der Waals surface area contributed by atoms with Crippen molar-refractivity contribution < 1.29 is 14.5 Å². The Morgan fingerprint density at radius 1 is 1.53 bits per heavy atom. The summed E-state index contributed by atoms with van der Waals surface area (Å²) in [6.45, 7) is 3.42. The molecule has 0 fully saturated rings. The topological polar surface area (TPSA) is 81.5 Å². The first-order valence-electron chi connectivity index (χ1n) is 4.81. The van der Waals surface area contributed by atoms with Gasteiger partial charge in [-0.15, -0.1) is 0 Å². The van der Waals surface area contributed by atoms with E-state index in [0.29, 0.717) is 10.2 Å². The van der Waals surface area contributed by atoms with E-state index < -0.39 is 11.0 Å². The van der Waals surface area contributed by atoms with Gasteiger partial charge in [0.15, 0.2) is 0 Å². The quantitative estimate of drug-likeness (QED) is 0.686. The van der Waals surface area contributed by atoms with Gasteiger partial charge in [0, 0.05) is 16.6 Å². The molecule has 1 amide bonds. The number of carbonyl (C=O) groups excluding carboxylic acids is 1. The monoisotopic (exact) mass is 302 g/mol. The number of nitrogens with one attached hydrogen (secondary N) is 1. The molecule has 0 radical (unpaired) electrons. The highest BCUT2D eigenvalue weighted by Gasteiger charge is 2.12. The van der Waals surface area contributed by atoms with Crippen LogP contribution in [0.25, 0.3) is 0 Å². The van der Waals surface area contributed by atoms with Crippen LogP contribution in [0.3, 0.4) is 0 Å². The SMILES string of the molecule is CC(C)OC(=O)Nc1cc([N+](=O)[O-])ccc1Br. The Bertz CT molecular complexity index is 448. The van der Waals surface area contributed by atoms with Gasteiger partial charge in [-0.25, -0.2) is 4.79 Å². The van der Waals surface area contributed by atoms with Gasteiger partial charge in [0.25, 0.3) is 5.69 Å². The number of amides is 1. The van der Waals surface area contributed by atoms with Crippen LogP contribution in [0.2, 0.25) is 0 Å². The molecule has 0 saturated heterocycles. The van der Waals surface area contributed by atoms with E-state index in [4.69, 9.17) is 4.74 Å². The van der Waals surface area contributed by atoms with E-state index in [2.05, 4.69) is 21.2 Å². The summed E-state index contributed by atoms with van der Waals surface area (Å²) in [5.74, 6) is 0. The Labute approximate surface area is 106 Å². The molecule has 0 unspecified atom stereocenters. The van der Waals surface area contributed by atoms with Gasteiger partial charge < -0.3 is 4.74 Å². The standard InChI is InChI=1S/C10H11BrN2O4/c1-6(2)17-10(14)12-9-5-7(13(15)16)3-4-8(9)11/h3-6H,1-2H3,(H,12,14). The van der Waals surface area contributed by atoms with Gasteiger partial charge in [-0.05, 0) is 35.8 Å². The number of hydrogen-bond acceptors (Lipinski definition) is 4. The average molecular weight is 303 g/mol. The summed E-state index contributed by atoms with van der Waals surface area (Å²) in [5.41, 5.74) is 0.192. The van der Waals surface area contributed by atoms with Crippen LogP contribution in [0, 0.1) is 10.1 Å². The fourth-order valence-corrected chi connectivity index (χ4v) is 1.42. The van der Waals surface area contributed by atoms with Gasteiger partial charge in [-0.2, -0.15) is 0 Å². The lowest BCUT2D eigenvalue weighted by Crippen LogP contribution is -2.18. The number of carbonyl (C=O) groups is 1. The van der Waals surface area contributed by atoms with E-state index in [-0.39, 0.29) is 11.8 Å². The van der Waals surface area contributed by atoms with Gasteiger partial charge in [0.2, 0.25) is 0 Å². The van der Waals surface area contributed by atoms with Crippen LogP contribution < -0.4 is 5.32 Å². The molecular weight excluding hydrogens is 292 g/mol. The first kappa shape index (κ1) is 13.4. The van der Waals surface area contributed by atoms with Gasteiger partial charge in [-0.1, -0.05) is 0 Å². The van der Waals surface area contributed by atoms with Crippen LogP contribution in [-0.2, 0) is 4.74 Å². The van der Waals surface area contributed by atoms with Crippen molar-refractivity contribution in [1.82, 2.24) is 0 Å². The Hall–Kier alpha value is -1.63. The van der Waals surface area contributed by atoms with Gasteiger partial charge in [0.05, 0.1) is 16.7 Å². The molecule has 7 heteroatoms. The minimum Gasteiger partial charge on any atom is -0.447 e. The van der Waals surface area contributed by atoms with Crippen molar-refractivity contribution in [3.05, 3.63) is 32.8 Å². The zero-order chi connectivity index (χ0) is 13.0. The number of nitrogens with zero attached hydrogens (tertiary/aromatic N) is 1. The first-order valence-corrected chi connectivity index (χ1v) is 5.61. The summed E-state index contributed by atoms with van der Waals surface area (Å²) in [6, 6.07) is 4.08. The molecule has 0 aromatic heterocycles.